The van der Waals surface area contributed by atoms with Crippen molar-refractivity contribution in [2.45, 2.75) is 0 Å². The van der Waals surface area contributed by atoms with E-state index in [2.05, 4.69) is 15.5 Å². The summed E-state index contributed by atoms with van der Waals surface area (Å²) >= 11 is 13.0. The van der Waals surface area contributed by atoms with Crippen molar-refractivity contribution in [1.82, 2.24) is 10.2 Å². The van der Waals surface area contributed by atoms with Crippen LogP contribution in [0, 0.1) is 0 Å². The van der Waals surface area contributed by atoms with E-state index >= 15 is 0 Å². The van der Waals surface area contributed by atoms with Gasteiger partial charge < -0.3 is 5.32 Å². The number of rotatable bonds is 2. The summed E-state index contributed by atoms with van der Waals surface area (Å²) in [5.74, 6) is 0.620. The minimum atomic E-state index is 0.368. The monoisotopic (exact) mass is 245 g/mol. The third kappa shape index (κ3) is 2.15. The van der Waals surface area contributed by atoms with Gasteiger partial charge in [-0.15, -0.1) is 21.5 Å². The Hall–Kier alpha value is -0.840. The molecular weight excluding hydrogens is 241 g/mol. The van der Waals surface area contributed by atoms with Gasteiger partial charge in [0.15, 0.2) is 11.0 Å². The van der Waals surface area contributed by atoms with Crippen LogP contribution in [-0.2, 0) is 0 Å². The fraction of sp³-hybridized carbons (Fsp3) is 0. The lowest BCUT2D eigenvalue weighted by Crippen LogP contribution is -1.93. The van der Waals surface area contributed by atoms with E-state index < -0.39 is 0 Å². The Morgan fingerprint density at radius 3 is 2.57 bits per heavy atom. The molecule has 2 aromatic rings. The van der Waals surface area contributed by atoms with Gasteiger partial charge in [-0.2, -0.15) is 0 Å². The van der Waals surface area contributed by atoms with Gasteiger partial charge in [0.05, 0.1) is 5.69 Å². The maximum atomic E-state index is 5.90. The zero-order valence-electron chi connectivity index (χ0n) is 6.87. The van der Waals surface area contributed by atoms with Crippen molar-refractivity contribution in [3.8, 4) is 0 Å². The van der Waals surface area contributed by atoms with Crippen molar-refractivity contribution in [2.24, 2.45) is 0 Å². The molecule has 0 spiro atoms. The van der Waals surface area contributed by atoms with Crippen molar-refractivity contribution in [1.29, 1.82) is 0 Å². The summed E-state index contributed by atoms with van der Waals surface area (Å²) in [4.78, 5) is 0. The third-order valence-corrected chi connectivity index (χ3v) is 2.88. The first-order chi connectivity index (χ1) is 6.75. The van der Waals surface area contributed by atoms with E-state index in [0.29, 0.717) is 15.3 Å². The highest BCUT2D eigenvalue weighted by Crippen LogP contribution is 2.29. The normalized spacial score (nSPS) is 10.1. The smallest absolute Gasteiger partial charge is 0.153 e. The first-order valence-corrected chi connectivity index (χ1v) is 5.38. The van der Waals surface area contributed by atoms with Crippen LogP contribution in [0.2, 0.25) is 9.49 Å². The molecule has 72 valence electrons. The van der Waals surface area contributed by atoms with Gasteiger partial charge in [0.2, 0.25) is 0 Å². The average molecular weight is 246 g/mol. The van der Waals surface area contributed by atoms with Crippen LogP contribution >= 0.6 is 34.5 Å². The van der Waals surface area contributed by atoms with Crippen LogP contribution in [0.4, 0.5) is 11.5 Å². The lowest BCUT2D eigenvalue weighted by atomic mass is 10.5. The summed E-state index contributed by atoms with van der Waals surface area (Å²) in [6.45, 7) is 0. The van der Waals surface area contributed by atoms with Gasteiger partial charge in [-0.3, -0.25) is 0 Å². The van der Waals surface area contributed by atoms with Gasteiger partial charge in [0.1, 0.15) is 4.34 Å². The minimum Gasteiger partial charge on any atom is -0.337 e. The predicted molar refractivity (Wildman–Crippen MR) is 59.7 cm³/mol. The molecule has 0 fully saturated rings. The van der Waals surface area contributed by atoms with E-state index in [1.165, 1.54) is 11.3 Å². The molecule has 14 heavy (non-hydrogen) atoms. The Morgan fingerprint density at radius 1 is 1.14 bits per heavy atom. The fourth-order valence-electron chi connectivity index (χ4n) is 0.902. The van der Waals surface area contributed by atoms with Crippen molar-refractivity contribution in [3.05, 3.63) is 33.1 Å². The van der Waals surface area contributed by atoms with Gasteiger partial charge in [-0.05, 0) is 23.6 Å². The van der Waals surface area contributed by atoms with Gasteiger partial charge in [0.25, 0.3) is 0 Å². The second-order valence-electron chi connectivity index (χ2n) is 2.47. The molecule has 0 unspecified atom stereocenters. The Labute approximate surface area is 94.7 Å². The Bertz CT molecular complexity index is 426. The van der Waals surface area contributed by atoms with E-state index in [0.717, 1.165) is 5.69 Å². The zero-order chi connectivity index (χ0) is 9.97. The first kappa shape index (κ1) is 9.71. The molecule has 6 heteroatoms. The number of hydrogen-bond donors (Lipinski definition) is 1. The number of nitrogens with zero attached hydrogens (tertiary/aromatic N) is 2. The summed E-state index contributed by atoms with van der Waals surface area (Å²) in [5.41, 5.74) is 0.827. The topological polar surface area (TPSA) is 37.8 Å². The highest BCUT2D eigenvalue weighted by Gasteiger charge is 2.02. The maximum Gasteiger partial charge on any atom is 0.153 e. The highest BCUT2D eigenvalue weighted by molar-refractivity contribution is 7.15. The van der Waals surface area contributed by atoms with Gasteiger partial charge in [-0.25, -0.2) is 0 Å². The van der Waals surface area contributed by atoms with Crippen LogP contribution in [0.15, 0.2) is 23.6 Å². The SMILES string of the molecule is Clc1ccc(Nc2ccsc2Cl)nn1. The quantitative estimate of drug-likeness (QED) is 0.879. The van der Waals surface area contributed by atoms with E-state index in [9.17, 15) is 0 Å². The number of thiophene rings is 1. The average Bonchev–Trinajstić information content (AvgIpc) is 2.56. The predicted octanol–water partition coefficient (Wildman–Crippen LogP) is 3.59. The number of halogens is 2. The van der Waals surface area contributed by atoms with Crippen LogP contribution in [0.1, 0.15) is 0 Å². The van der Waals surface area contributed by atoms with Crippen molar-refractivity contribution in [2.75, 3.05) is 5.32 Å². The summed E-state index contributed by atoms with van der Waals surface area (Å²) in [5, 5.41) is 12.8. The van der Waals surface area contributed by atoms with Gasteiger partial charge in [0, 0.05) is 0 Å². The summed E-state index contributed by atoms with van der Waals surface area (Å²) in [6, 6.07) is 5.28. The van der Waals surface area contributed by atoms with Crippen LogP contribution in [-0.4, -0.2) is 10.2 Å². The van der Waals surface area contributed by atoms with E-state index in [4.69, 9.17) is 23.2 Å². The van der Waals surface area contributed by atoms with E-state index in [1.807, 2.05) is 11.4 Å². The zero-order valence-corrected chi connectivity index (χ0v) is 9.20. The molecule has 0 aromatic carbocycles. The van der Waals surface area contributed by atoms with Crippen LogP contribution < -0.4 is 5.32 Å². The van der Waals surface area contributed by atoms with Gasteiger partial charge in [-0.1, -0.05) is 23.2 Å². The minimum absolute atomic E-state index is 0.368. The van der Waals surface area contributed by atoms with Crippen molar-refractivity contribution < 1.29 is 0 Å². The summed E-state index contributed by atoms with van der Waals surface area (Å²) < 4.78 is 0.696. The number of hydrogen-bond acceptors (Lipinski definition) is 4. The second kappa shape index (κ2) is 4.13. The Kier molecular flexibility index (Phi) is 2.86. The molecule has 0 aliphatic carbocycles. The van der Waals surface area contributed by atoms with Crippen molar-refractivity contribution in [3.63, 3.8) is 0 Å². The largest absolute Gasteiger partial charge is 0.337 e. The number of anilines is 2. The molecular formula is C8H5Cl2N3S. The fourth-order valence-corrected chi connectivity index (χ4v) is 1.84. The van der Waals surface area contributed by atoms with E-state index in [-0.39, 0.29) is 0 Å². The molecule has 0 saturated carbocycles. The molecule has 0 saturated heterocycles. The summed E-state index contributed by atoms with van der Waals surface area (Å²) in [6.07, 6.45) is 0. The van der Waals surface area contributed by atoms with Crippen LogP contribution in [0.3, 0.4) is 0 Å². The number of nitrogens with one attached hydrogen (secondary N) is 1. The summed E-state index contributed by atoms with van der Waals surface area (Å²) in [7, 11) is 0. The molecule has 0 bridgehead atoms. The standard InChI is InChI=1S/C8H5Cl2N3S/c9-6-1-2-7(13-12-6)11-5-3-4-14-8(5)10/h1-4H,(H,11,13). The lowest BCUT2D eigenvalue weighted by Gasteiger charge is -2.01. The second-order valence-corrected chi connectivity index (χ2v) is 4.38. The lowest BCUT2D eigenvalue weighted by molar-refractivity contribution is 1.04. The Morgan fingerprint density at radius 2 is 2.00 bits per heavy atom. The molecule has 2 rings (SSSR count). The molecule has 2 aromatic heterocycles. The molecule has 0 atom stereocenters. The van der Waals surface area contributed by atoms with E-state index in [1.54, 1.807) is 12.1 Å². The van der Waals surface area contributed by atoms with Crippen molar-refractivity contribution >= 4 is 46.0 Å². The molecule has 0 aliphatic heterocycles. The van der Waals surface area contributed by atoms with Crippen LogP contribution in [0.5, 0.6) is 0 Å². The Balaban J connectivity index is 2.19. The third-order valence-electron chi connectivity index (χ3n) is 1.51. The molecule has 0 aliphatic rings. The maximum absolute atomic E-state index is 5.90. The highest BCUT2D eigenvalue weighted by atomic mass is 35.5. The molecule has 0 amide bonds. The molecule has 0 radical (unpaired) electrons. The van der Waals surface area contributed by atoms with Crippen LogP contribution in [0.25, 0.3) is 0 Å². The molecule has 3 nitrogen and oxygen atoms in total. The molecule has 1 N–H and O–H groups in total. The molecule has 2 heterocycles. The van der Waals surface area contributed by atoms with Gasteiger partial charge >= 0.3 is 0 Å². The first-order valence-electron chi connectivity index (χ1n) is 3.75. The number of aromatic nitrogens is 2.